The fourth-order valence-corrected chi connectivity index (χ4v) is 19.7. The summed E-state index contributed by atoms with van der Waals surface area (Å²) in [7, 11) is -3.57. The monoisotopic (exact) mass is 386 g/mol. The van der Waals surface area contributed by atoms with Crippen LogP contribution in [0.15, 0.2) is 0 Å². The summed E-state index contributed by atoms with van der Waals surface area (Å²) in [5, 5.41) is 0. The third kappa shape index (κ3) is 10.5. The van der Waals surface area contributed by atoms with Crippen LogP contribution in [0.3, 0.4) is 0 Å². The van der Waals surface area contributed by atoms with Gasteiger partial charge in [-0.05, 0) is 0 Å². The van der Waals surface area contributed by atoms with E-state index >= 15 is 0 Å². The van der Waals surface area contributed by atoms with Crippen LogP contribution in [0.2, 0.25) is 39.3 Å². The van der Waals surface area contributed by atoms with E-state index < -0.39 is 38.7 Å². The van der Waals surface area contributed by atoms with Gasteiger partial charge in [-0.2, -0.15) is 0 Å². The molecular formula is C12H32O4Si2Zr. The molecule has 0 rings (SSSR count). The summed E-state index contributed by atoms with van der Waals surface area (Å²) in [5.41, 5.74) is 0. The second-order valence-electron chi connectivity index (χ2n) is 7.26. The average molecular weight is 388 g/mol. The first-order valence-electron chi connectivity index (χ1n) is 7.01. The molecule has 0 heterocycles. The molecule has 4 nitrogen and oxygen atoms in total. The Labute approximate surface area is 128 Å². The first kappa shape index (κ1) is 20.2. The molecule has 0 unspecified atom stereocenters. The van der Waals surface area contributed by atoms with Crippen LogP contribution in [0.1, 0.15) is 27.7 Å². The summed E-state index contributed by atoms with van der Waals surface area (Å²) in [4.78, 5) is 0. The van der Waals surface area contributed by atoms with Gasteiger partial charge in [0.2, 0.25) is 0 Å². The van der Waals surface area contributed by atoms with Crippen LogP contribution in [0, 0.1) is 0 Å². The molecule has 0 radical (unpaired) electrons. The third-order valence-electron chi connectivity index (χ3n) is 1.62. The molecule has 0 saturated heterocycles. The van der Waals surface area contributed by atoms with Crippen molar-refractivity contribution in [2.45, 2.75) is 79.2 Å². The zero-order valence-corrected chi connectivity index (χ0v) is 18.7. The topological polar surface area (TPSA) is 36.9 Å². The Bertz CT molecular complexity index is 244. The quantitative estimate of drug-likeness (QED) is 0.580. The molecule has 116 valence electrons. The van der Waals surface area contributed by atoms with Gasteiger partial charge in [-0.15, -0.1) is 0 Å². The van der Waals surface area contributed by atoms with Crippen molar-refractivity contribution in [2.24, 2.45) is 0 Å². The second-order valence-corrected chi connectivity index (χ2v) is 22.7. The van der Waals surface area contributed by atoms with Gasteiger partial charge in [0.25, 0.3) is 0 Å². The van der Waals surface area contributed by atoms with Crippen LogP contribution in [0.25, 0.3) is 0 Å². The molecule has 0 aromatic heterocycles. The van der Waals surface area contributed by atoms with E-state index in [4.69, 9.17) is 10.6 Å². The molecule has 19 heavy (non-hydrogen) atoms. The summed E-state index contributed by atoms with van der Waals surface area (Å²) in [5.74, 6) is 0. The average Bonchev–Trinajstić information content (AvgIpc) is 1.89. The molecule has 0 aromatic rings. The van der Waals surface area contributed by atoms with E-state index in [0.717, 1.165) is 0 Å². The van der Waals surface area contributed by atoms with E-state index in [0.29, 0.717) is 0 Å². The number of hydrogen-bond donors (Lipinski definition) is 0. The molecule has 0 aliphatic heterocycles. The normalized spacial score (nSPS) is 14.5. The van der Waals surface area contributed by atoms with E-state index in [1.807, 2.05) is 27.7 Å². The van der Waals surface area contributed by atoms with Crippen molar-refractivity contribution in [2.75, 3.05) is 0 Å². The Morgan fingerprint density at radius 2 is 0.895 bits per heavy atom. The Kier molecular flexibility index (Phi) is 7.88. The molecule has 0 saturated carbocycles. The molecule has 7 heteroatoms. The molecule has 0 aliphatic carbocycles. The van der Waals surface area contributed by atoms with Crippen LogP contribution < -0.4 is 0 Å². The van der Waals surface area contributed by atoms with Crippen LogP contribution in [0.5, 0.6) is 0 Å². The van der Waals surface area contributed by atoms with Crippen molar-refractivity contribution in [3.8, 4) is 0 Å². The van der Waals surface area contributed by atoms with E-state index in [2.05, 4.69) is 39.3 Å². The van der Waals surface area contributed by atoms with Gasteiger partial charge in [-0.3, -0.25) is 0 Å². The van der Waals surface area contributed by atoms with Gasteiger partial charge >= 0.3 is 128 Å². The molecule has 0 bridgehead atoms. The van der Waals surface area contributed by atoms with Gasteiger partial charge in [-0.25, -0.2) is 0 Å². The van der Waals surface area contributed by atoms with Crippen molar-refractivity contribution in [3.63, 3.8) is 0 Å². The van der Waals surface area contributed by atoms with Crippen molar-refractivity contribution >= 4 is 16.6 Å². The molecule has 0 atom stereocenters. The van der Waals surface area contributed by atoms with Crippen molar-refractivity contribution in [1.82, 2.24) is 0 Å². The van der Waals surface area contributed by atoms with E-state index in [1.165, 1.54) is 0 Å². The maximum atomic E-state index is 6.34. The molecule has 0 N–H and O–H groups in total. The second kappa shape index (κ2) is 7.43. The van der Waals surface area contributed by atoms with E-state index in [9.17, 15) is 0 Å². The SMILES string of the molecule is CC(C)[O][Zr]([O]C(C)C)([O][Si](C)(C)C)[O][Si](C)(C)C. The van der Waals surface area contributed by atoms with Crippen LogP contribution in [0.4, 0.5) is 0 Å². The Hall–Kier alpha value is 1.16. The number of rotatable bonds is 8. The standard InChI is InChI=1S/2C3H9OSi.2C3H7O.Zr/c2*1-5(2,3)4;2*1-3(2)4;/h2*1-3H3;2*3H,1-2H3;/q4*-1;+4. The summed E-state index contributed by atoms with van der Waals surface area (Å²) < 4.78 is 24.9. The Morgan fingerprint density at radius 1 is 0.632 bits per heavy atom. The molecule has 0 fully saturated rings. The first-order valence-corrected chi connectivity index (χ1v) is 17.8. The van der Waals surface area contributed by atoms with Gasteiger partial charge in [0, 0.05) is 0 Å². The van der Waals surface area contributed by atoms with Crippen molar-refractivity contribution in [3.05, 3.63) is 0 Å². The predicted molar refractivity (Wildman–Crippen MR) is 81.3 cm³/mol. The Morgan fingerprint density at radius 3 is 1.05 bits per heavy atom. The van der Waals surface area contributed by atoms with Crippen LogP contribution in [-0.2, 0) is 32.7 Å². The zero-order valence-electron chi connectivity index (χ0n) is 14.3. The zero-order chi connectivity index (χ0) is 15.5. The minimum absolute atomic E-state index is 0.0576. The van der Waals surface area contributed by atoms with Crippen molar-refractivity contribution < 1.29 is 32.7 Å². The van der Waals surface area contributed by atoms with Gasteiger partial charge in [-0.1, -0.05) is 0 Å². The fraction of sp³-hybridized carbons (Fsp3) is 1.00. The van der Waals surface area contributed by atoms with E-state index in [-0.39, 0.29) is 12.2 Å². The molecular weight excluding hydrogens is 356 g/mol. The maximum absolute atomic E-state index is 6.34. The Balaban J connectivity index is 5.31. The molecule has 0 aliphatic rings. The van der Waals surface area contributed by atoms with Gasteiger partial charge in [0.15, 0.2) is 0 Å². The third-order valence-corrected chi connectivity index (χ3v) is 19.8. The van der Waals surface area contributed by atoms with Crippen molar-refractivity contribution in [1.29, 1.82) is 0 Å². The predicted octanol–water partition coefficient (Wildman–Crippen LogP) is 4.35. The summed E-state index contributed by atoms with van der Waals surface area (Å²) in [6, 6.07) is 0. The van der Waals surface area contributed by atoms with Gasteiger partial charge in [0.1, 0.15) is 0 Å². The van der Waals surface area contributed by atoms with Gasteiger partial charge < -0.3 is 0 Å². The summed E-state index contributed by atoms with van der Waals surface area (Å²) in [6.07, 6.45) is 0.115. The van der Waals surface area contributed by atoms with Crippen LogP contribution >= 0.6 is 0 Å². The molecule has 0 spiro atoms. The van der Waals surface area contributed by atoms with Gasteiger partial charge in [0.05, 0.1) is 0 Å². The van der Waals surface area contributed by atoms with Crippen LogP contribution in [-0.4, -0.2) is 28.8 Å². The summed E-state index contributed by atoms with van der Waals surface area (Å²) in [6.45, 7) is 21.0. The fourth-order valence-electron chi connectivity index (χ4n) is 1.47. The molecule has 0 amide bonds. The summed E-state index contributed by atoms with van der Waals surface area (Å²) >= 11 is -3.94. The first-order chi connectivity index (χ1) is 8.25. The molecule has 0 aromatic carbocycles. The minimum atomic E-state index is -3.94. The number of hydrogen-bond acceptors (Lipinski definition) is 4. The van der Waals surface area contributed by atoms with E-state index in [1.54, 1.807) is 0 Å².